The van der Waals surface area contributed by atoms with E-state index in [2.05, 4.69) is 26.1 Å². The minimum atomic E-state index is -2.91. The summed E-state index contributed by atoms with van der Waals surface area (Å²) in [5.41, 5.74) is 9.59. The molecule has 1 heterocycles. The molecule has 0 aliphatic rings. The quantitative estimate of drug-likeness (QED) is 0.655. The third-order valence-electron chi connectivity index (χ3n) is 2.94. The zero-order valence-corrected chi connectivity index (χ0v) is 12.9. The molecule has 0 fully saturated rings. The number of nitrogens with one attached hydrogen (secondary N) is 1. The molecule has 0 saturated carbocycles. The highest BCUT2D eigenvalue weighted by Gasteiger charge is 2.06. The van der Waals surface area contributed by atoms with Crippen molar-refractivity contribution in [2.24, 2.45) is 10.7 Å². The van der Waals surface area contributed by atoms with Crippen LogP contribution in [-0.4, -0.2) is 17.6 Å². The van der Waals surface area contributed by atoms with Crippen LogP contribution in [0.4, 0.5) is 14.5 Å². The van der Waals surface area contributed by atoms with Crippen LogP contribution in [0.1, 0.15) is 16.7 Å². The Labute approximate surface area is 133 Å². The van der Waals surface area contributed by atoms with Crippen LogP contribution in [0.5, 0.6) is 5.88 Å². The number of anilines is 1. The molecule has 2 rings (SSSR count). The van der Waals surface area contributed by atoms with E-state index in [1.807, 2.05) is 26.0 Å². The van der Waals surface area contributed by atoms with Gasteiger partial charge in [0, 0.05) is 18.0 Å². The van der Waals surface area contributed by atoms with Gasteiger partial charge in [0.2, 0.25) is 5.88 Å². The Morgan fingerprint density at radius 3 is 2.61 bits per heavy atom. The van der Waals surface area contributed by atoms with Crippen molar-refractivity contribution >= 4 is 11.6 Å². The van der Waals surface area contributed by atoms with Gasteiger partial charge < -0.3 is 15.8 Å². The first-order valence-corrected chi connectivity index (χ1v) is 6.97. The predicted molar refractivity (Wildman–Crippen MR) is 85.7 cm³/mol. The lowest BCUT2D eigenvalue weighted by molar-refractivity contribution is -0.0528. The van der Waals surface area contributed by atoms with E-state index >= 15 is 0 Å². The normalized spacial score (nSPS) is 11.6. The summed E-state index contributed by atoms with van der Waals surface area (Å²) in [5, 5.41) is 3.00. The third kappa shape index (κ3) is 5.54. The molecule has 0 amide bonds. The number of alkyl halides is 2. The number of guanidine groups is 1. The maximum absolute atomic E-state index is 12.2. The number of benzene rings is 1. The summed E-state index contributed by atoms with van der Waals surface area (Å²) in [5.74, 6) is 0.0941. The highest BCUT2D eigenvalue weighted by molar-refractivity contribution is 5.92. The number of aryl methyl sites for hydroxylation is 2. The van der Waals surface area contributed by atoms with E-state index in [0.29, 0.717) is 5.56 Å². The second-order valence-corrected chi connectivity index (χ2v) is 5.08. The van der Waals surface area contributed by atoms with Crippen molar-refractivity contribution < 1.29 is 13.5 Å². The monoisotopic (exact) mass is 320 g/mol. The molecule has 122 valence electrons. The van der Waals surface area contributed by atoms with E-state index in [1.165, 1.54) is 12.3 Å². The molecular formula is C16H18F2N4O. The molecule has 0 spiro atoms. The fraction of sp³-hybridized carbons (Fsp3) is 0.250. The van der Waals surface area contributed by atoms with Crippen molar-refractivity contribution in [3.8, 4) is 5.88 Å². The van der Waals surface area contributed by atoms with Crippen molar-refractivity contribution in [3.63, 3.8) is 0 Å². The van der Waals surface area contributed by atoms with Crippen molar-refractivity contribution in [2.75, 3.05) is 5.32 Å². The number of rotatable bonds is 5. The van der Waals surface area contributed by atoms with Crippen molar-refractivity contribution in [3.05, 3.63) is 53.2 Å². The molecule has 0 unspecified atom stereocenters. The van der Waals surface area contributed by atoms with Gasteiger partial charge in [0.25, 0.3) is 0 Å². The lowest BCUT2D eigenvalue weighted by Gasteiger charge is -2.08. The maximum atomic E-state index is 12.2. The number of hydrogen-bond donors (Lipinski definition) is 2. The Kier molecular flexibility index (Phi) is 5.46. The summed E-state index contributed by atoms with van der Waals surface area (Å²) in [6, 6.07) is 9.03. The Morgan fingerprint density at radius 1 is 1.26 bits per heavy atom. The van der Waals surface area contributed by atoms with E-state index in [9.17, 15) is 8.78 Å². The molecule has 23 heavy (non-hydrogen) atoms. The van der Waals surface area contributed by atoms with Gasteiger partial charge in [0.1, 0.15) is 0 Å². The molecular weight excluding hydrogens is 302 g/mol. The van der Waals surface area contributed by atoms with E-state index in [-0.39, 0.29) is 18.4 Å². The van der Waals surface area contributed by atoms with Crippen LogP contribution >= 0.6 is 0 Å². The van der Waals surface area contributed by atoms with Crippen LogP contribution in [0.2, 0.25) is 0 Å². The lowest BCUT2D eigenvalue weighted by Crippen LogP contribution is -2.22. The third-order valence-corrected chi connectivity index (χ3v) is 2.94. The number of nitrogens with zero attached hydrogens (tertiary/aromatic N) is 2. The number of halogens is 2. The predicted octanol–water partition coefficient (Wildman–Crippen LogP) is 3.23. The zero-order valence-electron chi connectivity index (χ0n) is 12.9. The number of aromatic nitrogens is 1. The van der Waals surface area contributed by atoms with E-state index < -0.39 is 6.61 Å². The maximum Gasteiger partial charge on any atom is 0.388 e. The molecule has 3 N–H and O–H groups in total. The smallest absolute Gasteiger partial charge is 0.388 e. The first-order chi connectivity index (χ1) is 10.9. The molecule has 5 nitrogen and oxygen atoms in total. The summed E-state index contributed by atoms with van der Waals surface area (Å²) in [6.45, 7) is 1.31. The van der Waals surface area contributed by atoms with Crippen LogP contribution in [0.25, 0.3) is 0 Å². The summed E-state index contributed by atoms with van der Waals surface area (Å²) >= 11 is 0. The Morgan fingerprint density at radius 2 is 1.96 bits per heavy atom. The summed E-state index contributed by atoms with van der Waals surface area (Å²) in [7, 11) is 0. The SMILES string of the molecule is Cc1cc(C)cc(NC(N)=NCc2ccnc(OC(F)F)c2)c1. The second kappa shape index (κ2) is 7.53. The molecule has 7 heteroatoms. The van der Waals surface area contributed by atoms with Crippen LogP contribution in [0.15, 0.2) is 41.5 Å². The van der Waals surface area contributed by atoms with E-state index in [1.54, 1.807) is 6.07 Å². The summed E-state index contributed by atoms with van der Waals surface area (Å²) in [4.78, 5) is 7.88. The van der Waals surface area contributed by atoms with E-state index in [4.69, 9.17) is 5.73 Å². The van der Waals surface area contributed by atoms with Crippen LogP contribution < -0.4 is 15.8 Å². The fourth-order valence-corrected chi connectivity index (χ4v) is 2.12. The van der Waals surface area contributed by atoms with Crippen LogP contribution in [0.3, 0.4) is 0 Å². The minimum Gasteiger partial charge on any atom is -0.417 e. The molecule has 1 aromatic heterocycles. The van der Waals surface area contributed by atoms with Gasteiger partial charge in [-0.2, -0.15) is 8.78 Å². The van der Waals surface area contributed by atoms with Crippen molar-refractivity contribution in [1.29, 1.82) is 0 Å². The van der Waals surface area contributed by atoms with Gasteiger partial charge in [-0.1, -0.05) is 6.07 Å². The topological polar surface area (TPSA) is 72.5 Å². The summed E-state index contributed by atoms with van der Waals surface area (Å²) < 4.78 is 28.6. The van der Waals surface area contributed by atoms with Gasteiger partial charge in [-0.05, 0) is 48.7 Å². The lowest BCUT2D eigenvalue weighted by atomic mass is 10.1. The first kappa shape index (κ1) is 16.7. The minimum absolute atomic E-state index is 0.145. The van der Waals surface area contributed by atoms with Crippen molar-refractivity contribution in [2.45, 2.75) is 27.0 Å². The highest BCUT2D eigenvalue weighted by Crippen LogP contribution is 2.14. The molecule has 2 aromatic rings. The average molecular weight is 320 g/mol. The van der Waals surface area contributed by atoms with E-state index in [0.717, 1.165) is 16.8 Å². The molecule has 0 atom stereocenters. The fourth-order valence-electron chi connectivity index (χ4n) is 2.12. The molecule has 0 bridgehead atoms. The number of pyridine rings is 1. The Balaban J connectivity index is 2.01. The van der Waals surface area contributed by atoms with Crippen molar-refractivity contribution in [1.82, 2.24) is 4.98 Å². The zero-order chi connectivity index (χ0) is 16.8. The first-order valence-electron chi connectivity index (χ1n) is 6.97. The number of nitrogens with two attached hydrogens (primary N) is 1. The number of hydrogen-bond acceptors (Lipinski definition) is 3. The summed E-state index contributed by atoms with van der Waals surface area (Å²) in [6.07, 6.45) is 1.39. The largest absolute Gasteiger partial charge is 0.417 e. The molecule has 0 radical (unpaired) electrons. The molecule has 0 saturated heterocycles. The van der Waals surface area contributed by atoms with Crippen LogP contribution in [0, 0.1) is 13.8 Å². The van der Waals surface area contributed by atoms with Gasteiger partial charge in [-0.15, -0.1) is 0 Å². The van der Waals surface area contributed by atoms with Gasteiger partial charge in [-0.3, -0.25) is 0 Å². The van der Waals surface area contributed by atoms with Gasteiger partial charge in [0.15, 0.2) is 5.96 Å². The molecule has 0 aliphatic carbocycles. The van der Waals surface area contributed by atoms with Gasteiger partial charge in [0.05, 0.1) is 6.54 Å². The average Bonchev–Trinajstić information content (AvgIpc) is 2.43. The van der Waals surface area contributed by atoms with Gasteiger partial charge in [-0.25, -0.2) is 9.98 Å². The van der Waals surface area contributed by atoms with Crippen LogP contribution in [-0.2, 0) is 6.54 Å². The van der Waals surface area contributed by atoms with Gasteiger partial charge >= 0.3 is 6.61 Å². The Hall–Kier alpha value is -2.70. The number of ether oxygens (including phenoxy) is 1. The number of aliphatic imine (C=N–C) groups is 1. The molecule has 1 aromatic carbocycles. The second-order valence-electron chi connectivity index (χ2n) is 5.08. The Bertz CT molecular complexity index is 684. The standard InChI is InChI=1S/C16H18F2N4O/c1-10-5-11(2)7-13(6-10)22-16(19)21-9-12-3-4-20-14(8-12)23-15(17)18/h3-8,15H,9H2,1-2H3,(H3,19,21,22). The molecule has 0 aliphatic heterocycles. The highest BCUT2D eigenvalue weighted by atomic mass is 19.3.